The summed E-state index contributed by atoms with van der Waals surface area (Å²) in [4.78, 5) is 10.4. The average molecular weight is 223 g/mol. The van der Waals surface area contributed by atoms with Crippen LogP contribution in [-0.4, -0.2) is 4.92 Å². The molecular formula is C12H14FNO2. The molecule has 0 radical (unpaired) electrons. The summed E-state index contributed by atoms with van der Waals surface area (Å²) in [7, 11) is 0. The van der Waals surface area contributed by atoms with Crippen molar-refractivity contribution in [3.63, 3.8) is 0 Å². The molecule has 0 heterocycles. The van der Waals surface area contributed by atoms with Crippen molar-refractivity contribution in [3.05, 3.63) is 51.5 Å². The predicted octanol–water partition coefficient (Wildman–Crippen LogP) is 3.49. The van der Waals surface area contributed by atoms with Gasteiger partial charge in [-0.05, 0) is 23.6 Å². The fourth-order valence-electron chi connectivity index (χ4n) is 1.39. The molecule has 3 nitrogen and oxygen atoms in total. The van der Waals surface area contributed by atoms with E-state index in [1.54, 1.807) is 6.07 Å². The standard InChI is InChI=1S/C12H14FNO2/c1-9(2)6-12(14(15)16)8-10-4-3-5-11(13)7-10/h3-5,7-9H,6H2,1-2H3. The Kier molecular flexibility index (Phi) is 4.17. The van der Waals surface area contributed by atoms with Crippen molar-refractivity contribution in [2.75, 3.05) is 0 Å². The Morgan fingerprint density at radius 3 is 2.75 bits per heavy atom. The SMILES string of the molecule is CC(C)CC(=Cc1cccc(F)c1)[N+](=O)[O-]. The van der Waals surface area contributed by atoms with Crippen molar-refractivity contribution in [1.82, 2.24) is 0 Å². The maximum Gasteiger partial charge on any atom is 0.247 e. The fourth-order valence-corrected chi connectivity index (χ4v) is 1.39. The van der Waals surface area contributed by atoms with E-state index in [9.17, 15) is 14.5 Å². The lowest BCUT2D eigenvalue weighted by Crippen LogP contribution is -2.02. The number of nitro groups is 1. The van der Waals surface area contributed by atoms with Crippen molar-refractivity contribution < 1.29 is 9.31 Å². The van der Waals surface area contributed by atoms with E-state index >= 15 is 0 Å². The minimum absolute atomic E-state index is 0.112. The monoisotopic (exact) mass is 223 g/mol. The van der Waals surface area contributed by atoms with Gasteiger partial charge in [-0.3, -0.25) is 10.1 Å². The lowest BCUT2D eigenvalue weighted by atomic mass is 10.1. The molecule has 0 saturated carbocycles. The van der Waals surface area contributed by atoms with Gasteiger partial charge in [-0.15, -0.1) is 0 Å². The third kappa shape index (κ3) is 3.81. The number of nitrogens with zero attached hydrogens (tertiary/aromatic N) is 1. The molecule has 16 heavy (non-hydrogen) atoms. The first kappa shape index (κ1) is 12.4. The molecule has 86 valence electrons. The summed E-state index contributed by atoms with van der Waals surface area (Å²) in [5, 5.41) is 10.8. The number of benzene rings is 1. The van der Waals surface area contributed by atoms with Crippen molar-refractivity contribution in [3.8, 4) is 0 Å². The number of hydrogen-bond donors (Lipinski definition) is 0. The van der Waals surface area contributed by atoms with Crippen LogP contribution in [0.2, 0.25) is 0 Å². The molecule has 0 amide bonds. The minimum atomic E-state index is -0.412. The Labute approximate surface area is 93.7 Å². The zero-order chi connectivity index (χ0) is 12.1. The molecule has 0 aliphatic heterocycles. The van der Waals surface area contributed by atoms with Crippen LogP contribution >= 0.6 is 0 Å². The molecule has 0 aromatic heterocycles. The largest absolute Gasteiger partial charge is 0.259 e. The van der Waals surface area contributed by atoms with E-state index in [1.807, 2.05) is 13.8 Å². The van der Waals surface area contributed by atoms with Gasteiger partial charge >= 0.3 is 0 Å². The molecule has 0 atom stereocenters. The third-order valence-corrected chi connectivity index (χ3v) is 2.03. The van der Waals surface area contributed by atoms with Crippen LogP contribution in [0.25, 0.3) is 6.08 Å². The molecule has 1 aromatic rings. The lowest BCUT2D eigenvalue weighted by Gasteiger charge is -2.02. The molecule has 1 aromatic carbocycles. The topological polar surface area (TPSA) is 43.1 Å². The van der Waals surface area contributed by atoms with Gasteiger partial charge in [0.2, 0.25) is 5.70 Å². The van der Waals surface area contributed by atoms with Gasteiger partial charge in [-0.1, -0.05) is 26.0 Å². The van der Waals surface area contributed by atoms with Crippen LogP contribution in [0.4, 0.5) is 4.39 Å². The highest BCUT2D eigenvalue weighted by Gasteiger charge is 2.12. The molecule has 0 fully saturated rings. The van der Waals surface area contributed by atoms with Gasteiger partial charge in [0.05, 0.1) is 4.92 Å². The van der Waals surface area contributed by atoms with Gasteiger partial charge in [0, 0.05) is 12.5 Å². The van der Waals surface area contributed by atoms with E-state index in [0.29, 0.717) is 12.0 Å². The molecule has 1 rings (SSSR count). The smallest absolute Gasteiger partial charge is 0.247 e. The summed E-state index contributed by atoms with van der Waals surface area (Å²) in [5.74, 6) is -0.189. The molecule has 0 N–H and O–H groups in total. The Morgan fingerprint density at radius 1 is 1.56 bits per heavy atom. The predicted molar refractivity (Wildman–Crippen MR) is 60.8 cm³/mol. The minimum Gasteiger partial charge on any atom is -0.259 e. The molecule has 0 aliphatic rings. The van der Waals surface area contributed by atoms with E-state index < -0.39 is 4.92 Å². The van der Waals surface area contributed by atoms with Crippen LogP contribution in [-0.2, 0) is 0 Å². The average Bonchev–Trinajstić information content (AvgIpc) is 2.15. The van der Waals surface area contributed by atoms with Gasteiger partial charge in [-0.25, -0.2) is 4.39 Å². The summed E-state index contributed by atoms with van der Waals surface area (Å²) in [5.41, 5.74) is 0.632. The Hall–Kier alpha value is -1.71. The van der Waals surface area contributed by atoms with Crippen LogP contribution < -0.4 is 0 Å². The van der Waals surface area contributed by atoms with E-state index in [2.05, 4.69) is 0 Å². The van der Waals surface area contributed by atoms with Crippen molar-refractivity contribution >= 4 is 6.08 Å². The normalized spacial score (nSPS) is 11.9. The van der Waals surface area contributed by atoms with Gasteiger partial charge in [-0.2, -0.15) is 0 Å². The van der Waals surface area contributed by atoms with Crippen LogP contribution in [0, 0.1) is 21.8 Å². The summed E-state index contributed by atoms with van der Waals surface area (Å²) in [6.45, 7) is 3.81. The Balaban J connectivity index is 2.97. The summed E-state index contributed by atoms with van der Waals surface area (Å²) < 4.78 is 12.9. The number of allylic oxidation sites excluding steroid dienone is 1. The number of hydrogen-bond acceptors (Lipinski definition) is 2. The summed E-state index contributed by atoms with van der Waals surface area (Å²) in [6.07, 6.45) is 1.80. The highest BCUT2D eigenvalue weighted by Crippen LogP contribution is 2.16. The zero-order valence-electron chi connectivity index (χ0n) is 9.31. The molecule has 4 heteroatoms. The van der Waals surface area contributed by atoms with Crippen LogP contribution in [0.15, 0.2) is 30.0 Å². The van der Waals surface area contributed by atoms with Gasteiger partial charge in [0.25, 0.3) is 0 Å². The molecule has 0 aliphatic carbocycles. The van der Waals surface area contributed by atoms with E-state index in [1.165, 1.54) is 24.3 Å². The maximum atomic E-state index is 12.9. The Morgan fingerprint density at radius 2 is 2.25 bits per heavy atom. The molecule has 0 spiro atoms. The van der Waals surface area contributed by atoms with Gasteiger partial charge < -0.3 is 0 Å². The van der Waals surface area contributed by atoms with Gasteiger partial charge in [0.15, 0.2) is 0 Å². The third-order valence-electron chi connectivity index (χ3n) is 2.03. The molecule has 0 unspecified atom stereocenters. The van der Waals surface area contributed by atoms with Crippen LogP contribution in [0.1, 0.15) is 25.8 Å². The van der Waals surface area contributed by atoms with Crippen molar-refractivity contribution in [1.29, 1.82) is 0 Å². The first-order valence-electron chi connectivity index (χ1n) is 5.09. The summed E-state index contributed by atoms with van der Waals surface area (Å²) in [6, 6.07) is 5.77. The fraction of sp³-hybridized carbons (Fsp3) is 0.333. The van der Waals surface area contributed by atoms with E-state index in [0.717, 1.165) is 0 Å². The second-order valence-electron chi connectivity index (χ2n) is 4.05. The van der Waals surface area contributed by atoms with Crippen molar-refractivity contribution in [2.24, 2.45) is 5.92 Å². The number of rotatable bonds is 4. The van der Waals surface area contributed by atoms with Gasteiger partial charge in [0.1, 0.15) is 5.82 Å². The highest BCUT2D eigenvalue weighted by atomic mass is 19.1. The van der Waals surface area contributed by atoms with E-state index in [4.69, 9.17) is 0 Å². The first-order valence-corrected chi connectivity index (χ1v) is 5.09. The van der Waals surface area contributed by atoms with Crippen LogP contribution in [0.5, 0.6) is 0 Å². The number of halogens is 1. The van der Waals surface area contributed by atoms with E-state index in [-0.39, 0.29) is 17.4 Å². The maximum absolute atomic E-state index is 12.9. The zero-order valence-corrected chi connectivity index (χ0v) is 9.31. The van der Waals surface area contributed by atoms with Crippen molar-refractivity contribution in [2.45, 2.75) is 20.3 Å². The molecule has 0 bridgehead atoms. The molecular weight excluding hydrogens is 209 g/mol. The Bertz CT molecular complexity index is 413. The highest BCUT2D eigenvalue weighted by molar-refractivity contribution is 5.50. The summed E-state index contributed by atoms with van der Waals surface area (Å²) >= 11 is 0. The lowest BCUT2D eigenvalue weighted by molar-refractivity contribution is -0.427. The first-order chi connectivity index (χ1) is 7.49. The second kappa shape index (κ2) is 5.39. The molecule has 0 saturated heterocycles. The quantitative estimate of drug-likeness (QED) is 0.579. The van der Waals surface area contributed by atoms with Crippen LogP contribution in [0.3, 0.4) is 0 Å². The second-order valence-corrected chi connectivity index (χ2v) is 4.05.